The van der Waals surface area contributed by atoms with Gasteiger partial charge in [-0.25, -0.2) is 4.39 Å². The van der Waals surface area contributed by atoms with E-state index in [1.54, 1.807) is 13.0 Å². The molecule has 1 aliphatic rings. The van der Waals surface area contributed by atoms with Crippen LogP contribution >= 0.6 is 0 Å². The summed E-state index contributed by atoms with van der Waals surface area (Å²) in [4.78, 5) is 0. The Morgan fingerprint density at radius 3 is 2.30 bits per heavy atom. The van der Waals surface area contributed by atoms with Crippen LogP contribution in [-0.4, -0.2) is 7.05 Å². The molecular formula is C18H20FN. The number of hydrogen-bond donors (Lipinski definition) is 1. The molecule has 1 unspecified atom stereocenters. The smallest absolute Gasteiger partial charge is 0.126 e. The van der Waals surface area contributed by atoms with E-state index in [0.717, 1.165) is 18.4 Å². The summed E-state index contributed by atoms with van der Waals surface area (Å²) in [6.07, 6.45) is 2.13. The quantitative estimate of drug-likeness (QED) is 0.893. The molecule has 0 saturated heterocycles. The first-order valence-corrected chi connectivity index (χ1v) is 7.19. The molecule has 0 bridgehead atoms. The first kappa shape index (κ1) is 13.3. The minimum Gasteiger partial charge on any atom is -0.313 e. The Kier molecular flexibility index (Phi) is 3.58. The van der Waals surface area contributed by atoms with Crippen LogP contribution in [-0.2, 0) is 12.8 Å². The number of hydrogen-bond acceptors (Lipinski definition) is 1. The Morgan fingerprint density at radius 1 is 1.10 bits per heavy atom. The first-order chi connectivity index (χ1) is 9.69. The number of nitrogens with one attached hydrogen (secondary N) is 1. The van der Waals surface area contributed by atoms with Crippen LogP contribution < -0.4 is 5.32 Å². The Hall–Kier alpha value is -1.67. The lowest BCUT2D eigenvalue weighted by Gasteiger charge is -2.23. The van der Waals surface area contributed by atoms with Gasteiger partial charge in [0.25, 0.3) is 0 Å². The van der Waals surface area contributed by atoms with E-state index in [9.17, 15) is 4.39 Å². The van der Waals surface area contributed by atoms with Gasteiger partial charge in [-0.2, -0.15) is 0 Å². The molecule has 0 radical (unpaired) electrons. The van der Waals surface area contributed by atoms with Crippen molar-refractivity contribution in [3.05, 3.63) is 70.5 Å². The Morgan fingerprint density at radius 2 is 1.75 bits per heavy atom. The number of rotatable bonds is 3. The number of halogens is 1. The van der Waals surface area contributed by atoms with E-state index in [4.69, 9.17) is 0 Å². The summed E-state index contributed by atoms with van der Waals surface area (Å²) < 4.78 is 13.8. The second-order valence-electron chi connectivity index (χ2n) is 5.71. The highest BCUT2D eigenvalue weighted by atomic mass is 19.1. The maximum atomic E-state index is 13.8. The third kappa shape index (κ3) is 2.36. The van der Waals surface area contributed by atoms with Gasteiger partial charge in [0.15, 0.2) is 0 Å². The van der Waals surface area contributed by atoms with E-state index >= 15 is 0 Å². The van der Waals surface area contributed by atoms with Crippen molar-refractivity contribution in [1.82, 2.24) is 5.32 Å². The lowest BCUT2D eigenvalue weighted by molar-refractivity contribution is 0.395. The molecule has 104 valence electrons. The van der Waals surface area contributed by atoms with Crippen molar-refractivity contribution in [2.75, 3.05) is 7.05 Å². The van der Waals surface area contributed by atoms with Crippen molar-refractivity contribution < 1.29 is 4.39 Å². The van der Waals surface area contributed by atoms with E-state index in [0.29, 0.717) is 11.5 Å². The molecule has 0 amide bonds. The SMILES string of the molecule is CNC(c1ccc(C)c(F)c1)C1Cc2ccccc2C1. The van der Waals surface area contributed by atoms with Crippen LogP contribution in [0.5, 0.6) is 0 Å². The van der Waals surface area contributed by atoms with Crippen molar-refractivity contribution in [3.8, 4) is 0 Å². The standard InChI is InChI=1S/C18H20FN/c1-12-7-8-15(11-17(12)19)18(20-2)16-9-13-5-3-4-6-14(13)10-16/h3-8,11,16,18,20H,9-10H2,1-2H3. The molecule has 0 aliphatic heterocycles. The maximum absolute atomic E-state index is 13.8. The highest BCUT2D eigenvalue weighted by molar-refractivity contribution is 5.35. The third-order valence-corrected chi connectivity index (χ3v) is 4.42. The lowest BCUT2D eigenvalue weighted by Crippen LogP contribution is -2.26. The van der Waals surface area contributed by atoms with Gasteiger partial charge in [0.1, 0.15) is 5.82 Å². The van der Waals surface area contributed by atoms with Crippen LogP contribution in [0.3, 0.4) is 0 Å². The predicted molar refractivity (Wildman–Crippen MR) is 80.3 cm³/mol. The molecule has 0 fully saturated rings. The molecule has 1 aliphatic carbocycles. The van der Waals surface area contributed by atoms with Crippen molar-refractivity contribution >= 4 is 0 Å². The molecule has 2 aromatic carbocycles. The normalized spacial score (nSPS) is 16.1. The van der Waals surface area contributed by atoms with E-state index in [2.05, 4.69) is 29.6 Å². The zero-order chi connectivity index (χ0) is 14.1. The van der Waals surface area contributed by atoms with Gasteiger partial charge in [0, 0.05) is 6.04 Å². The molecule has 2 aromatic rings. The van der Waals surface area contributed by atoms with E-state index < -0.39 is 0 Å². The second kappa shape index (κ2) is 5.37. The highest BCUT2D eigenvalue weighted by Crippen LogP contribution is 2.35. The van der Waals surface area contributed by atoms with Gasteiger partial charge in [-0.1, -0.05) is 36.4 Å². The summed E-state index contributed by atoms with van der Waals surface area (Å²) in [6, 6.07) is 14.4. The summed E-state index contributed by atoms with van der Waals surface area (Å²) in [5, 5.41) is 3.38. The fourth-order valence-electron chi connectivity index (χ4n) is 3.31. The van der Waals surface area contributed by atoms with Crippen LogP contribution in [0.15, 0.2) is 42.5 Å². The molecular weight excluding hydrogens is 249 g/mol. The lowest BCUT2D eigenvalue weighted by atomic mass is 9.90. The van der Waals surface area contributed by atoms with Crippen molar-refractivity contribution in [3.63, 3.8) is 0 Å². The molecule has 0 heterocycles. The minimum atomic E-state index is -0.113. The second-order valence-corrected chi connectivity index (χ2v) is 5.71. The topological polar surface area (TPSA) is 12.0 Å². The molecule has 1 N–H and O–H groups in total. The van der Waals surface area contributed by atoms with Crippen molar-refractivity contribution in [2.24, 2.45) is 5.92 Å². The fraction of sp³-hybridized carbons (Fsp3) is 0.333. The maximum Gasteiger partial charge on any atom is 0.126 e. The summed E-state index contributed by atoms with van der Waals surface area (Å²) in [5.74, 6) is 0.387. The molecule has 1 nitrogen and oxygen atoms in total. The summed E-state index contributed by atoms with van der Waals surface area (Å²) >= 11 is 0. The third-order valence-electron chi connectivity index (χ3n) is 4.42. The van der Waals surface area contributed by atoms with Gasteiger partial charge in [-0.3, -0.25) is 0 Å². The van der Waals surface area contributed by atoms with E-state index in [1.807, 2.05) is 19.2 Å². The zero-order valence-electron chi connectivity index (χ0n) is 12.0. The Labute approximate surface area is 119 Å². The zero-order valence-corrected chi connectivity index (χ0v) is 12.0. The van der Waals surface area contributed by atoms with Gasteiger partial charge >= 0.3 is 0 Å². The fourth-order valence-corrected chi connectivity index (χ4v) is 3.31. The van der Waals surface area contributed by atoms with Crippen molar-refractivity contribution in [2.45, 2.75) is 25.8 Å². The molecule has 2 heteroatoms. The molecule has 3 rings (SSSR count). The Balaban J connectivity index is 1.87. The summed E-state index contributed by atoms with van der Waals surface area (Å²) in [7, 11) is 1.96. The van der Waals surface area contributed by atoms with Crippen LogP contribution in [0.4, 0.5) is 4.39 Å². The van der Waals surface area contributed by atoms with Gasteiger partial charge in [0.2, 0.25) is 0 Å². The van der Waals surface area contributed by atoms with Gasteiger partial charge in [0.05, 0.1) is 0 Å². The summed E-state index contributed by atoms with van der Waals surface area (Å²) in [6.45, 7) is 1.80. The molecule has 0 saturated carbocycles. The number of aryl methyl sites for hydroxylation is 1. The van der Waals surface area contributed by atoms with E-state index in [1.165, 1.54) is 11.1 Å². The monoisotopic (exact) mass is 269 g/mol. The van der Waals surface area contributed by atoms with Crippen LogP contribution in [0.1, 0.15) is 28.3 Å². The van der Waals surface area contributed by atoms with Crippen LogP contribution in [0.25, 0.3) is 0 Å². The summed E-state index contributed by atoms with van der Waals surface area (Å²) in [5.41, 5.74) is 4.63. The molecule has 1 atom stereocenters. The van der Waals surface area contributed by atoms with Crippen LogP contribution in [0, 0.1) is 18.7 Å². The molecule has 0 spiro atoms. The minimum absolute atomic E-state index is 0.113. The molecule has 0 aromatic heterocycles. The van der Waals surface area contributed by atoms with Gasteiger partial charge in [-0.05, 0) is 61.1 Å². The van der Waals surface area contributed by atoms with Crippen LogP contribution in [0.2, 0.25) is 0 Å². The number of fused-ring (bicyclic) bond motifs is 1. The van der Waals surface area contributed by atoms with E-state index in [-0.39, 0.29) is 11.9 Å². The average molecular weight is 269 g/mol. The predicted octanol–water partition coefficient (Wildman–Crippen LogP) is 3.81. The Bertz CT molecular complexity index is 596. The highest BCUT2D eigenvalue weighted by Gasteiger charge is 2.28. The largest absolute Gasteiger partial charge is 0.313 e. The number of benzene rings is 2. The van der Waals surface area contributed by atoms with Gasteiger partial charge < -0.3 is 5.32 Å². The average Bonchev–Trinajstić information content (AvgIpc) is 2.87. The molecule has 20 heavy (non-hydrogen) atoms. The van der Waals surface area contributed by atoms with Gasteiger partial charge in [-0.15, -0.1) is 0 Å². The van der Waals surface area contributed by atoms with Crippen molar-refractivity contribution in [1.29, 1.82) is 0 Å². The first-order valence-electron chi connectivity index (χ1n) is 7.19.